The number of carbonyl (C=O) groups is 3. The first kappa shape index (κ1) is 26.4. The Bertz CT molecular complexity index is 1530. The van der Waals surface area contributed by atoms with Gasteiger partial charge in [-0.3, -0.25) is 14.4 Å². The number of hydrogen-bond donors (Lipinski definition) is 1. The minimum atomic E-state index is -1.09. The van der Waals surface area contributed by atoms with E-state index >= 15 is 0 Å². The molecule has 0 unspecified atom stereocenters. The molecule has 1 N–H and O–H groups in total. The van der Waals surface area contributed by atoms with Crippen molar-refractivity contribution in [3.05, 3.63) is 64.3 Å². The number of halogens is 2. The maximum absolute atomic E-state index is 12.8. The number of Topliss-reactive ketones (excluding diaryl/α,β-unsaturated/α-hetero) is 1. The van der Waals surface area contributed by atoms with Gasteiger partial charge in [0, 0.05) is 34.5 Å². The second kappa shape index (κ2) is 10.8. The first-order chi connectivity index (χ1) is 17.6. The lowest BCUT2D eigenvalue weighted by Gasteiger charge is -2.14. The van der Waals surface area contributed by atoms with Crippen LogP contribution in [0.3, 0.4) is 0 Å². The highest BCUT2D eigenvalue weighted by Crippen LogP contribution is 2.40. The van der Waals surface area contributed by atoms with Gasteiger partial charge in [0.05, 0.1) is 11.1 Å². The number of aromatic nitrogens is 1. The molecule has 0 saturated carbocycles. The number of rotatable bonds is 7. The number of amides is 1. The molecule has 2 radical (unpaired) electrons. The quantitative estimate of drug-likeness (QED) is 0.184. The molecule has 7 nitrogen and oxygen atoms in total. The van der Waals surface area contributed by atoms with Gasteiger partial charge in [0.15, 0.2) is 17.6 Å². The molecule has 4 rings (SSSR count). The third-order valence-corrected chi connectivity index (χ3v) is 6.19. The fourth-order valence-corrected chi connectivity index (χ4v) is 4.21. The zero-order valence-electron chi connectivity index (χ0n) is 20.2. The predicted molar refractivity (Wildman–Crippen MR) is 145 cm³/mol. The Labute approximate surface area is 224 Å². The second-order valence-corrected chi connectivity index (χ2v) is 9.15. The van der Waals surface area contributed by atoms with Gasteiger partial charge in [0.2, 0.25) is 5.71 Å². The molecule has 10 heteroatoms. The third kappa shape index (κ3) is 5.55. The summed E-state index contributed by atoms with van der Waals surface area (Å²) in [4.78, 5) is 41.6. The maximum Gasteiger partial charge on any atom is 0.303 e. The average Bonchev–Trinajstić information content (AvgIpc) is 3.20. The van der Waals surface area contributed by atoms with Crippen molar-refractivity contribution in [2.24, 2.45) is 0 Å². The van der Waals surface area contributed by atoms with E-state index in [-0.39, 0.29) is 29.4 Å². The SMILES string of the molecule is [B]c1ccc(-c2nc3oc(C(=O)CC)c(NC(=O)[C@H](C)OC(C)=O)c3cc2-c2ccc(Cl)cc2)c(Cl)c1. The lowest BCUT2D eigenvalue weighted by Crippen LogP contribution is -2.29. The number of fused-ring (bicyclic) bond motifs is 1. The highest BCUT2D eigenvalue weighted by Gasteiger charge is 2.27. The summed E-state index contributed by atoms with van der Waals surface area (Å²) in [7, 11) is 5.89. The molecule has 0 bridgehead atoms. The molecule has 0 spiro atoms. The van der Waals surface area contributed by atoms with Crippen LogP contribution in [0.1, 0.15) is 37.7 Å². The Balaban J connectivity index is 1.98. The van der Waals surface area contributed by atoms with Crippen LogP contribution in [0.15, 0.2) is 52.9 Å². The van der Waals surface area contributed by atoms with Gasteiger partial charge in [0.1, 0.15) is 13.5 Å². The number of benzene rings is 2. The molecule has 0 fully saturated rings. The molecule has 37 heavy (non-hydrogen) atoms. The molecular weight excluding hydrogens is 514 g/mol. The minimum Gasteiger partial charge on any atom is -0.453 e. The number of ether oxygens (including phenoxy) is 1. The number of furan rings is 1. The number of anilines is 1. The van der Waals surface area contributed by atoms with Gasteiger partial charge in [-0.25, -0.2) is 4.98 Å². The molecule has 1 atom stereocenters. The van der Waals surface area contributed by atoms with E-state index in [0.717, 1.165) is 5.56 Å². The topological polar surface area (TPSA) is 98.5 Å². The van der Waals surface area contributed by atoms with Crippen molar-refractivity contribution in [3.8, 4) is 22.4 Å². The molecule has 0 aliphatic carbocycles. The lowest BCUT2D eigenvalue weighted by molar-refractivity contribution is -0.150. The van der Waals surface area contributed by atoms with E-state index in [0.29, 0.717) is 37.7 Å². The van der Waals surface area contributed by atoms with Gasteiger partial charge < -0.3 is 14.5 Å². The number of pyridine rings is 1. The Morgan fingerprint density at radius 1 is 1.08 bits per heavy atom. The Hall–Kier alpha value is -3.62. The molecule has 0 saturated heterocycles. The van der Waals surface area contributed by atoms with E-state index in [1.165, 1.54) is 13.8 Å². The summed E-state index contributed by atoms with van der Waals surface area (Å²) in [5.74, 6) is -1.63. The van der Waals surface area contributed by atoms with E-state index in [4.69, 9.17) is 45.2 Å². The number of esters is 1. The Morgan fingerprint density at radius 3 is 2.41 bits per heavy atom. The van der Waals surface area contributed by atoms with Crippen LogP contribution in [-0.4, -0.2) is 36.6 Å². The van der Waals surface area contributed by atoms with Gasteiger partial charge in [-0.15, -0.1) is 0 Å². The van der Waals surface area contributed by atoms with Crippen LogP contribution in [0.2, 0.25) is 10.0 Å². The summed E-state index contributed by atoms with van der Waals surface area (Å²) in [6.45, 7) is 4.31. The fourth-order valence-electron chi connectivity index (χ4n) is 3.81. The van der Waals surface area contributed by atoms with Gasteiger partial charge >= 0.3 is 5.97 Å². The molecule has 2 aromatic carbocycles. The molecule has 2 aromatic heterocycles. The van der Waals surface area contributed by atoms with E-state index in [1.807, 2.05) is 12.1 Å². The standard InChI is InChI=1S/C27H21BCl2N2O5/c1-4-22(34)25-24(31-26(35)13(2)36-14(3)33)20-12-19(15-5-8-17(29)9-6-15)23(32-27(20)37-25)18-10-7-16(28)11-21(18)30/h5-13H,4H2,1-3H3,(H,31,35)/t13-/m0/s1. The molecule has 1 amide bonds. The minimum absolute atomic E-state index is 0.0593. The Kier molecular flexibility index (Phi) is 7.71. The van der Waals surface area contributed by atoms with Gasteiger partial charge in [-0.2, -0.15) is 0 Å². The van der Waals surface area contributed by atoms with Crippen molar-refractivity contribution in [2.45, 2.75) is 33.3 Å². The largest absolute Gasteiger partial charge is 0.453 e. The zero-order chi connectivity index (χ0) is 26.9. The highest BCUT2D eigenvalue weighted by molar-refractivity contribution is 6.38. The molecule has 2 heterocycles. The maximum atomic E-state index is 12.8. The van der Waals surface area contributed by atoms with Crippen LogP contribution >= 0.6 is 23.2 Å². The zero-order valence-corrected chi connectivity index (χ0v) is 21.7. The van der Waals surface area contributed by atoms with Crippen LogP contribution in [0.25, 0.3) is 33.5 Å². The second-order valence-electron chi connectivity index (χ2n) is 8.31. The van der Waals surface area contributed by atoms with Gasteiger partial charge in [-0.05, 0) is 36.8 Å². The lowest BCUT2D eigenvalue weighted by atomic mass is 9.92. The van der Waals surface area contributed by atoms with Crippen molar-refractivity contribution >= 4 is 71.0 Å². The smallest absolute Gasteiger partial charge is 0.303 e. The summed E-state index contributed by atoms with van der Waals surface area (Å²) in [6.07, 6.45) is -0.966. The summed E-state index contributed by atoms with van der Waals surface area (Å²) < 4.78 is 10.9. The number of nitrogens with one attached hydrogen (secondary N) is 1. The molecule has 0 aliphatic heterocycles. The average molecular weight is 535 g/mol. The molecule has 4 aromatic rings. The van der Waals surface area contributed by atoms with Crippen molar-refractivity contribution in [2.75, 3.05) is 5.32 Å². The highest BCUT2D eigenvalue weighted by atomic mass is 35.5. The van der Waals surface area contributed by atoms with Crippen molar-refractivity contribution in [1.82, 2.24) is 4.98 Å². The summed E-state index contributed by atoms with van der Waals surface area (Å²) in [6, 6.07) is 13.9. The van der Waals surface area contributed by atoms with E-state index in [1.54, 1.807) is 43.3 Å². The van der Waals surface area contributed by atoms with E-state index < -0.39 is 18.0 Å². The van der Waals surface area contributed by atoms with Crippen molar-refractivity contribution < 1.29 is 23.5 Å². The summed E-state index contributed by atoms with van der Waals surface area (Å²) in [5.41, 5.74) is 3.24. The number of ketones is 1. The van der Waals surface area contributed by atoms with Gasteiger partial charge in [-0.1, -0.05) is 59.9 Å². The van der Waals surface area contributed by atoms with Crippen molar-refractivity contribution in [3.63, 3.8) is 0 Å². The van der Waals surface area contributed by atoms with E-state index in [9.17, 15) is 14.4 Å². The monoisotopic (exact) mass is 534 g/mol. The number of carbonyl (C=O) groups excluding carboxylic acids is 3. The third-order valence-electron chi connectivity index (χ3n) is 5.62. The summed E-state index contributed by atoms with van der Waals surface area (Å²) >= 11 is 12.6. The first-order valence-electron chi connectivity index (χ1n) is 11.4. The Morgan fingerprint density at radius 2 is 1.78 bits per heavy atom. The normalized spacial score (nSPS) is 11.8. The van der Waals surface area contributed by atoms with Gasteiger partial charge in [0.25, 0.3) is 5.91 Å². The fraction of sp³-hybridized carbons (Fsp3) is 0.185. The predicted octanol–water partition coefficient (Wildman–Crippen LogP) is 5.75. The van der Waals surface area contributed by atoms with Crippen molar-refractivity contribution in [1.29, 1.82) is 0 Å². The van der Waals surface area contributed by atoms with Crippen LogP contribution in [0, 0.1) is 0 Å². The molecule has 0 aliphatic rings. The molecular formula is C27H21BCl2N2O5. The summed E-state index contributed by atoms with van der Waals surface area (Å²) in [5, 5.41) is 4.00. The van der Waals surface area contributed by atoms with Crippen LogP contribution in [-0.2, 0) is 14.3 Å². The van der Waals surface area contributed by atoms with E-state index in [2.05, 4.69) is 5.32 Å². The number of nitrogens with zero attached hydrogens (tertiary/aromatic N) is 1. The molecule has 186 valence electrons. The first-order valence-corrected chi connectivity index (χ1v) is 12.1. The van der Waals surface area contributed by atoms with Crippen LogP contribution < -0.4 is 10.8 Å². The van der Waals surface area contributed by atoms with Crippen LogP contribution in [0.4, 0.5) is 5.69 Å². The number of hydrogen-bond acceptors (Lipinski definition) is 6. The van der Waals surface area contributed by atoms with Crippen LogP contribution in [0.5, 0.6) is 0 Å².